The smallest absolute Gasteiger partial charge is 0.332 e. The summed E-state index contributed by atoms with van der Waals surface area (Å²) in [4.78, 5) is 29.1. The molecule has 8 nitrogen and oxygen atoms in total. The maximum Gasteiger partial charge on any atom is 0.332 e. The lowest BCUT2D eigenvalue weighted by Crippen LogP contribution is -2.37. The highest BCUT2D eigenvalue weighted by atomic mass is 19.1. The Balaban J connectivity index is 1.60. The second-order valence-corrected chi connectivity index (χ2v) is 7.48. The molecule has 2 aromatic heterocycles. The molecule has 1 aliphatic heterocycles. The van der Waals surface area contributed by atoms with Crippen LogP contribution in [0.1, 0.15) is 23.0 Å². The molecule has 9 heteroatoms. The molecule has 31 heavy (non-hydrogen) atoms. The third-order valence-electron chi connectivity index (χ3n) is 5.45. The van der Waals surface area contributed by atoms with Gasteiger partial charge in [-0.05, 0) is 12.1 Å². The lowest BCUT2D eigenvalue weighted by atomic mass is 10.1. The van der Waals surface area contributed by atoms with Gasteiger partial charge in [0.15, 0.2) is 11.2 Å². The van der Waals surface area contributed by atoms with Crippen LogP contribution < -0.4 is 16.0 Å². The largest absolute Gasteiger partial charge is 0.460 e. The molecule has 0 N–H and O–H groups in total. The molecule has 2 aromatic carbocycles. The van der Waals surface area contributed by atoms with E-state index in [1.54, 1.807) is 11.6 Å². The number of imidazole rings is 1. The summed E-state index contributed by atoms with van der Waals surface area (Å²) in [5.41, 5.74) is 1.59. The van der Waals surface area contributed by atoms with Crippen molar-refractivity contribution in [1.29, 1.82) is 0 Å². The van der Waals surface area contributed by atoms with Gasteiger partial charge in [-0.25, -0.2) is 14.2 Å². The highest BCUT2D eigenvalue weighted by molar-refractivity contribution is 5.70. The molecule has 158 valence electrons. The number of hydrogen-bond donors (Lipinski definition) is 0. The molecule has 0 spiro atoms. The summed E-state index contributed by atoms with van der Waals surface area (Å²) in [7, 11) is 2.97. The van der Waals surface area contributed by atoms with Crippen LogP contribution in [0, 0.1) is 5.82 Å². The fourth-order valence-corrected chi connectivity index (χ4v) is 3.87. The van der Waals surface area contributed by atoms with E-state index in [1.807, 2.05) is 30.3 Å². The van der Waals surface area contributed by atoms with Crippen LogP contribution in [0.4, 0.5) is 4.39 Å². The Morgan fingerprint density at radius 3 is 2.68 bits per heavy atom. The van der Waals surface area contributed by atoms with Crippen LogP contribution in [-0.2, 0) is 32.0 Å². The number of fused-ring (bicyclic) bond motifs is 2. The molecule has 1 atom stereocenters. The van der Waals surface area contributed by atoms with Crippen LogP contribution in [0.3, 0.4) is 0 Å². The van der Waals surface area contributed by atoms with Crippen molar-refractivity contribution in [3.05, 3.63) is 92.1 Å². The van der Waals surface area contributed by atoms with E-state index < -0.39 is 23.4 Å². The van der Waals surface area contributed by atoms with Crippen molar-refractivity contribution >= 4 is 11.2 Å². The molecule has 0 fully saturated rings. The minimum absolute atomic E-state index is 0.144. The number of benzene rings is 2. The number of halogens is 1. The first kappa shape index (κ1) is 19.3. The average molecular weight is 422 g/mol. The number of ether oxygens (including phenoxy) is 2. The summed E-state index contributed by atoms with van der Waals surface area (Å²) < 4.78 is 30.1. The van der Waals surface area contributed by atoms with E-state index >= 15 is 0 Å². The van der Waals surface area contributed by atoms with Gasteiger partial charge in [-0.1, -0.05) is 30.3 Å². The summed E-state index contributed by atoms with van der Waals surface area (Å²) in [5.74, 6) is 0.0915. The van der Waals surface area contributed by atoms with Gasteiger partial charge in [0.2, 0.25) is 6.29 Å². The first-order valence-electron chi connectivity index (χ1n) is 9.69. The maximum atomic E-state index is 14.3. The van der Waals surface area contributed by atoms with Crippen LogP contribution in [0.5, 0.6) is 5.75 Å². The quantitative estimate of drug-likeness (QED) is 0.506. The standard InChI is InChI=1S/C22H19FN4O4/c1-25-19-17(20(28)26(2)22(25)29)27(12-24-19)10-14-8-16(23)9-15-11-30-21(31-18(14)15)13-6-4-3-5-7-13/h3-9,12,21H,10-11H2,1-2H3/t21-/m0/s1. The Hall–Kier alpha value is -3.72. The first-order chi connectivity index (χ1) is 14.9. The van der Waals surface area contributed by atoms with Gasteiger partial charge in [0.05, 0.1) is 19.5 Å². The molecule has 0 saturated carbocycles. The highest BCUT2D eigenvalue weighted by Gasteiger charge is 2.26. The van der Waals surface area contributed by atoms with E-state index in [-0.39, 0.29) is 24.3 Å². The number of aryl methyl sites for hydroxylation is 1. The number of aromatic nitrogens is 4. The molecule has 0 aliphatic carbocycles. The Bertz CT molecular complexity index is 1420. The summed E-state index contributed by atoms with van der Waals surface area (Å²) in [6, 6.07) is 12.2. The van der Waals surface area contributed by atoms with E-state index in [9.17, 15) is 14.0 Å². The molecular formula is C22H19FN4O4. The molecule has 0 saturated heterocycles. The molecule has 0 amide bonds. The van der Waals surface area contributed by atoms with E-state index in [0.717, 1.165) is 10.1 Å². The van der Waals surface area contributed by atoms with Crippen LogP contribution in [0.2, 0.25) is 0 Å². The minimum Gasteiger partial charge on any atom is -0.460 e. The second-order valence-electron chi connectivity index (χ2n) is 7.48. The van der Waals surface area contributed by atoms with Gasteiger partial charge in [-0.15, -0.1) is 0 Å². The Morgan fingerprint density at radius 1 is 1.13 bits per heavy atom. The van der Waals surface area contributed by atoms with Crippen LogP contribution >= 0.6 is 0 Å². The molecule has 0 unspecified atom stereocenters. The predicted octanol–water partition coefficient (Wildman–Crippen LogP) is 2.23. The Kier molecular flexibility index (Phi) is 4.48. The third kappa shape index (κ3) is 3.14. The van der Waals surface area contributed by atoms with Crippen molar-refractivity contribution in [2.45, 2.75) is 19.4 Å². The van der Waals surface area contributed by atoms with Crippen molar-refractivity contribution in [2.24, 2.45) is 14.1 Å². The lowest BCUT2D eigenvalue weighted by Gasteiger charge is -2.28. The van der Waals surface area contributed by atoms with Gasteiger partial charge < -0.3 is 14.0 Å². The first-order valence-corrected chi connectivity index (χ1v) is 9.69. The van der Waals surface area contributed by atoms with Crippen LogP contribution in [-0.4, -0.2) is 18.7 Å². The minimum atomic E-state index is -0.619. The number of nitrogens with zero attached hydrogens (tertiary/aromatic N) is 4. The Labute approximate surface area is 175 Å². The third-order valence-corrected chi connectivity index (χ3v) is 5.45. The van der Waals surface area contributed by atoms with Gasteiger partial charge in [-0.2, -0.15) is 0 Å². The van der Waals surface area contributed by atoms with Crippen molar-refractivity contribution in [3.8, 4) is 5.75 Å². The molecular weight excluding hydrogens is 403 g/mol. The van der Waals surface area contributed by atoms with E-state index in [1.165, 1.54) is 30.1 Å². The van der Waals surface area contributed by atoms with Gasteiger partial charge in [0.25, 0.3) is 5.56 Å². The number of hydrogen-bond acceptors (Lipinski definition) is 5. The van der Waals surface area contributed by atoms with E-state index in [2.05, 4.69) is 4.98 Å². The van der Waals surface area contributed by atoms with Gasteiger partial charge >= 0.3 is 5.69 Å². The number of rotatable bonds is 3. The van der Waals surface area contributed by atoms with Crippen molar-refractivity contribution in [1.82, 2.24) is 18.7 Å². The van der Waals surface area contributed by atoms with Gasteiger partial charge in [0.1, 0.15) is 11.6 Å². The molecule has 1 aliphatic rings. The molecule has 0 bridgehead atoms. The summed E-state index contributed by atoms with van der Waals surface area (Å²) in [6.07, 6.45) is 0.850. The zero-order valence-electron chi connectivity index (χ0n) is 16.9. The van der Waals surface area contributed by atoms with E-state index in [4.69, 9.17) is 9.47 Å². The zero-order valence-corrected chi connectivity index (χ0v) is 16.9. The molecule has 3 heterocycles. The normalized spacial score (nSPS) is 15.6. The van der Waals surface area contributed by atoms with Gasteiger partial charge in [-0.3, -0.25) is 13.9 Å². The molecule has 0 radical (unpaired) electrons. The highest BCUT2D eigenvalue weighted by Crippen LogP contribution is 2.37. The summed E-state index contributed by atoms with van der Waals surface area (Å²) in [5, 5.41) is 0. The predicted molar refractivity (Wildman–Crippen MR) is 110 cm³/mol. The fraction of sp³-hybridized carbons (Fsp3) is 0.227. The fourth-order valence-electron chi connectivity index (χ4n) is 3.87. The van der Waals surface area contributed by atoms with Crippen LogP contribution in [0.15, 0.2) is 58.4 Å². The average Bonchev–Trinajstić information content (AvgIpc) is 3.20. The summed E-state index contributed by atoms with van der Waals surface area (Å²) >= 11 is 0. The lowest BCUT2D eigenvalue weighted by molar-refractivity contribution is -0.112. The molecule has 4 aromatic rings. The van der Waals surface area contributed by atoms with Crippen molar-refractivity contribution in [2.75, 3.05) is 0 Å². The maximum absolute atomic E-state index is 14.3. The Morgan fingerprint density at radius 2 is 1.90 bits per heavy atom. The van der Waals surface area contributed by atoms with Crippen molar-refractivity contribution < 1.29 is 13.9 Å². The molecule has 5 rings (SSSR count). The van der Waals surface area contributed by atoms with Crippen molar-refractivity contribution in [3.63, 3.8) is 0 Å². The SMILES string of the molecule is Cn1c(=O)c2c(ncn2Cc2cc(F)cc3c2O[C@@H](c2ccccc2)OC3)n(C)c1=O. The van der Waals surface area contributed by atoms with E-state index in [0.29, 0.717) is 16.9 Å². The topological polar surface area (TPSA) is 80.3 Å². The zero-order chi connectivity index (χ0) is 21.7. The monoisotopic (exact) mass is 422 g/mol. The summed E-state index contributed by atoms with van der Waals surface area (Å²) in [6.45, 7) is 0.339. The second kappa shape index (κ2) is 7.21. The van der Waals surface area contributed by atoms with Gasteiger partial charge in [0, 0.05) is 30.8 Å². The van der Waals surface area contributed by atoms with Crippen LogP contribution in [0.25, 0.3) is 11.2 Å².